The number of rotatable bonds is 1. The molecule has 0 aliphatic rings. The van der Waals surface area contributed by atoms with E-state index in [1.54, 1.807) is 12.3 Å². The Bertz CT molecular complexity index is 564. The van der Waals surface area contributed by atoms with Gasteiger partial charge in [-0.2, -0.15) is 0 Å². The van der Waals surface area contributed by atoms with Crippen LogP contribution in [0.1, 0.15) is 25.3 Å². The van der Waals surface area contributed by atoms with Crippen molar-refractivity contribution in [3.63, 3.8) is 0 Å². The first-order valence-electron chi connectivity index (χ1n) is 5.31. The molecule has 2 heterocycles. The monoisotopic (exact) mass is 211 g/mol. The summed E-state index contributed by atoms with van der Waals surface area (Å²) in [6.45, 7) is 2.11. The second-order valence-corrected chi connectivity index (χ2v) is 3.52. The fourth-order valence-electron chi connectivity index (χ4n) is 1.44. The first-order valence-corrected chi connectivity index (χ1v) is 5.31. The zero-order valence-corrected chi connectivity index (χ0v) is 9.20. The second-order valence-electron chi connectivity index (χ2n) is 3.52. The maximum atomic E-state index is 5.61. The molecule has 0 bridgehead atoms. The summed E-state index contributed by atoms with van der Waals surface area (Å²) in [4.78, 5) is 8.34. The van der Waals surface area contributed by atoms with E-state index in [4.69, 9.17) is 5.73 Å². The van der Waals surface area contributed by atoms with Gasteiger partial charge >= 0.3 is 0 Å². The Labute approximate surface area is 94.7 Å². The van der Waals surface area contributed by atoms with Crippen LogP contribution in [0.25, 0.3) is 11.0 Å². The molecule has 16 heavy (non-hydrogen) atoms. The lowest BCUT2D eigenvalue weighted by Gasteiger charge is -1.99. The molecule has 0 spiro atoms. The minimum atomic E-state index is 0.485. The van der Waals surface area contributed by atoms with Crippen LogP contribution in [0.4, 0.5) is 5.82 Å². The van der Waals surface area contributed by atoms with E-state index in [2.05, 4.69) is 28.7 Å². The molecule has 0 saturated carbocycles. The van der Waals surface area contributed by atoms with Crippen LogP contribution < -0.4 is 5.73 Å². The average molecular weight is 211 g/mol. The van der Waals surface area contributed by atoms with E-state index in [-0.39, 0.29) is 0 Å². The van der Waals surface area contributed by atoms with Gasteiger partial charge in [-0.25, -0.2) is 9.97 Å². The number of unbranched alkanes of at least 4 members (excludes halogenated alkanes) is 1. The highest BCUT2D eigenvalue weighted by molar-refractivity contribution is 5.82. The van der Waals surface area contributed by atoms with Gasteiger partial charge in [-0.05, 0) is 24.6 Å². The summed E-state index contributed by atoms with van der Waals surface area (Å²) < 4.78 is 0. The predicted molar refractivity (Wildman–Crippen MR) is 65.7 cm³/mol. The second kappa shape index (κ2) is 4.63. The van der Waals surface area contributed by atoms with Gasteiger partial charge in [0, 0.05) is 23.6 Å². The first-order chi connectivity index (χ1) is 7.81. The van der Waals surface area contributed by atoms with Gasteiger partial charge in [-0.3, -0.25) is 0 Å². The van der Waals surface area contributed by atoms with Crippen molar-refractivity contribution >= 4 is 16.9 Å². The largest absolute Gasteiger partial charge is 0.384 e. The standard InChI is InChI=1S/C13H13N3/c1-2-3-4-5-10-8-9-15-13-11(10)6-7-12(14)16-13/h6-9H,2-3H2,1H3,(H2,14,15,16). The van der Waals surface area contributed by atoms with Crippen LogP contribution in [0.3, 0.4) is 0 Å². The van der Waals surface area contributed by atoms with Crippen molar-refractivity contribution in [1.29, 1.82) is 0 Å². The summed E-state index contributed by atoms with van der Waals surface area (Å²) in [5.41, 5.74) is 7.23. The number of anilines is 1. The van der Waals surface area contributed by atoms with E-state index >= 15 is 0 Å². The predicted octanol–water partition coefficient (Wildman–Crippen LogP) is 2.36. The summed E-state index contributed by atoms with van der Waals surface area (Å²) in [5.74, 6) is 6.74. The Balaban J connectivity index is 2.51. The molecule has 0 aromatic carbocycles. The Morgan fingerprint density at radius 2 is 2.19 bits per heavy atom. The average Bonchev–Trinajstić information content (AvgIpc) is 2.29. The van der Waals surface area contributed by atoms with Gasteiger partial charge in [-0.15, -0.1) is 0 Å². The maximum absolute atomic E-state index is 5.61. The van der Waals surface area contributed by atoms with Crippen LogP contribution in [-0.2, 0) is 0 Å². The highest BCUT2D eigenvalue weighted by Crippen LogP contribution is 2.15. The minimum Gasteiger partial charge on any atom is -0.384 e. The summed E-state index contributed by atoms with van der Waals surface area (Å²) in [5, 5.41) is 0.959. The molecular formula is C13H13N3. The SMILES string of the molecule is CCCC#Cc1ccnc2nc(N)ccc12. The van der Waals surface area contributed by atoms with Crippen LogP contribution in [0.5, 0.6) is 0 Å². The lowest BCUT2D eigenvalue weighted by Crippen LogP contribution is -1.92. The van der Waals surface area contributed by atoms with Crippen LogP contribution in [0, 0.1) is 11.8 Å². The third-order valence-electron chi connectivity index (χ3n) is 2.22. The van der Waals surface area contributed by atoms with Gasteiger partial charge in [0.05, 0.1) is 0 Å². The molecule has 0 atom stereocenters. The molecule has 80 valence electrons. The van der Waals surface area contributed by atoms with Gasteiger partial charge in [-0.1, -0.05) is 18.8 Å². The van der Waals surface area contributed by atoms with E-state index in [9.17, 15) is 0 Å². The van der Waals surface area contributed by atoms with Crippen molar-refractivity contribution in [2.24, 2.45) is 0 Å². The fourth-order valence-corrected chi connectivity index (χ4v) is 1.44. The van der Waals surface area contributed by atoms with Gasteiger partial charge in [0.15, 0.2) is 5.65 Å². The normalized spacial score (nSPS) is 9.81. The molecular weight excluding hydrogens is 198 g/mol. The Morgan fingerprint density at radius 1 is 1.31 bits per heavy atom. The van der Waals surface area contributed by atoms with Crippen LogP contribution in [0.15, 0.2) is 24.4 Å². The van der Waals surface area contributed by atoms with Crippen LogP contribution in [-0.4, -0.2) is 9.97 Å². The smallest absolute Gasteiger partial charge is 0.162 e. The number of nitrogens with two attached hydrogens (primary N) is 1. The first kappa shape index (κ1) is 10.4. The molecule has 0 aliphatic heterocycles. The Hall–Kier alpha value is -2.08. The van der Waals surface area contributed by atoms with E-state index in [0.717, 1.165) is 23.8 Å². The van der Waals surface area contributed by atoms with Gasteiger partial charge in [0.2, 0.25) is 0 Å². The van der Waals surface area contributed by atoms with Crippen molar-refractivity contribution in [2.45, 2.75) is 19.8 Å². The molecule has 2 aromatic heterocycles. The van der Waals surface area contributed by atoms with Crippen molar-refractivity contribution in [3.05, 3.63) is 30.0 Å². The highest BCUT2D eigenvalue weighted by atomic mass is 14.9. The highest BCUT2D eigenvalue weighted by Gasteiger charge is 2.00. The Morgan fingerprint density at radius 3 is 3.00 bits per heavy atom. The van der Waals surface area contributed by atoms with Crippen molar-refractivity contribution in [3.8, 4) is 11.8 Å². The maximum Gasteiger partial charge on any atom is 0.162 e. The molecule has 0 amide bonds. The van der Waals surface area contributed by atoms with Crippen LogP contribution in [0.2, 0.25) is 0 Å². The van der Waals surface area contributed by atoms with Gasteiger partial charge < -0.3 is 5.73 Å². The van der Waals surface area contributed by atoms with E-state index in [0.29, 0.717) is 11.5 Å². The lowest BCUT2D eigenvalue weighted by molar-refractivity contribution is 0.983. The number of aromatic nitrogens is 2. The Kier molecular flexibility index (Phi) is 3.02. The van der Waals surface area contributed by atoms with Crippen molar-refractivity contribution < 1.29 is 0 Å². The number of nitrogen functional groups attached to an aromatic ring is 1. The molecule has 0 unspecified atom stereocenters. The number of hydrogen-bond donors (Lipinski definition) is 1. The quantitative estimate of drug-likeness (QED) is 0.737. The molecule has 0 aliphatic carbocycles. The topological polar surface area (TPSA) is 51.8 Å². The number of fused-ring (bicyclic) bond motifs is 1. The molecule has 0 fully saturated rings. The van der Waals surface area contributed by atoms with E-state index in [1.165, 1.54) is 0 Å². The summed E-state index contributed by atoms with van der Waals surface area (Å²) in [6.07, 6.45) is 3.69. The molecule has 3 nitrogen and oxygen atoms in total. The third-order valence-corrected chi connectivity index (χ3v) is 2.22. The number of pyridine rings is 2. The molecule has 3 heteroatoms. The number of nitrogens with zero attached hydrogens (tertiary/aromatic N) is 2. The number of hydrogen-bond acceptors (Lipinski definition) is 3. The van der Waals surface area contributed by atoms with Crippen LogP contribution >= 0.6 is 0 Å². The van der Waals surface area contributed by atoms with Crippen molar-refractivity contribution in [2.75, 3.05) is 5.73 Å². The van der Waals surface area contributed by atoms with E-state index < -0.39 is 0 Å². The van der Waals surface area contributed by atoms with Gasteiger partial charge in [0.25, 0.3) is 0 Å². The molecule has 2 rings (SSSR count). The summed E-state index contributed by atoms with van der Waals surface area (Å²) in [7, 11) is 0. The van der Waals surface area contributed by atoms with Crippen molar-refractivity contribution in [1.82, 2.24) is 9.97 Å². The zero-order valence-electron chi connectivity index (χ0n) is 9.20. The molecule has 0 saturated heterocycles. The fraction of sp³-hybridized carbons (Fsp3) is 0.231. The minimum absolute atomic E-state index is 0.485. The zero-order chi connectivity index (χ0) is 11.4. The summed E-state index contributed by atoms with van der Waals surface area (Å²) >= 11 is 0. The molecule has 2 N–H and O–H groups in total. The van der Waals surface area contributed by atoms with E-state index in [1.807, 2.05) is 12.1 Å². The lowest BCUT2D eigenvalue weighted by atomic mass is 10.1. The molecule has 2 aromatic rings. The third kappa shape index (κ3) is 2.12. The van der Waals surface area contributed by atoms with Gasteiger partial charge in [0.1, 0.15) is 5.82 Å². The summed E-state index contributed by atoms with van der Waals surface area (Å²) in [6, 6.07) is 5.60. The molecule has 0 radical (unpaired) electrons.